The number of carboxylic acid groups (broad SMARTS) is 1. The molecular formula is C30H27N3O4. The lowest BCUT2D eigenvalue weighted by Crippen LogP contribution is -2.02. The number of imidazole rings is 1. The third-order valence-corrected chi connectivity index (χ3v) is 6.84. The largest absolute Gasteiger partial charge is 0.481 e. The molecule has 1 fully saturated rings. The van der Waals surface area contributed by atoms with Crippen molar-refractivity contribution in [1.29, 1.82) is 0 Å². The molecule has 1 aliphatic carbocycles. The van der Waals surface area contributed by atoms with Crippen LogP contribution in [0.4, 0.5) is 0 Å². The third-order valence-electron chi connectivity index (χ3n) is 6.84. The molecule has 37 heavy (non-hydrogen) atoms. The van der Waals surface area contributed by atoms with Crippen molar-refractivity contribution in [2.24, 2.45) is 0 Å². The smallest absolute Gasteiger partial charge is 0.303 e. The van der Waals surface area contributed by atoms with Crippen LogP contribution in [0.5, 0.6) is 11.5 Å². The molecular weight excluding hydrogens is 466 g/mol. The van der Waals surface area contributed by atoms with Gasteiger partial charge < -0.3 is 24.9 Å². The Morgan fingerprint density at radius 1 is 1.08 bits per heavy atom. The van der Waals surface area contributed by atoms with Gasteiger partial charge in [-0.1, -0.05) is 36.4 Å². The van der Waals surface area contributed by atoms with Gasteiger partial charge >= 0.3 is 5.97 Å². The number of aromatic nitrogens is 3. The van der Waals surface area contributed by atoms with E-state index in [9.17, 15) is 9.90 Å². The van der Waals surface area contributed by atoms with Crippen LogP contribution in [0.3, 0.4) is 0 Å². The normalized spacial score (nSPS) is 14.1. The van der Waals surface area contributed by atoms with Gasteiger partial charge in [0.05, 0.1) is 11.9 Å². The van der Waals surface area contributed by atoms with Crippen LogP contribution in [0.1, 0.15) is 53.7 Å². The van der Waals surface area contributed by atoms with E-state index in [1.165, 1.54) is 23.8 Å². The summed E-state index contributed by atoms with van der Waals surface area (Å²) >= 11 is 0. The van der Waals surface area contributed by atoms with Crippen molar-refractivity contribution in [2.45, 2.75) is 37.7 Å². The number of aliphatic hydroxyl groups excluding tert-OH is 1. The zero-order valence-electron chi connectivity index (χ0n) is 20.1. The summed E-state index contributed by atoms with van der Waals surface area (Å²) in [6.45, 7) is 0. The Kier molecular flexibility index (Phi) is 5.98. The molecule has 0 aliphatic heterocycles. The second-order valence-electron chi connectivity index (χ2n) is 9.55. The van der Waals surface area contributed by atoms with Gasteiger partial charge in [-0.3, -0.25) is 4.79 Å². The van der Waals surface area contributed by atoms with Crippen LogP contribution in [0.25, 0.3) is 22.3 Å². The summed E-state index contributed by atoms with van der Waals surface area (Å²) in [4.78, 5) is 21.9. The maximum atomic E-state index is 10.9. The van der Waals surface area contributed by atoms with Crippen molar-refractivity contribution >= 4 is 16.9 Å². The number of aliphatic hydroxyl groups is 1. The van der Waals surface area contributed by atoms with Crippen LogP contribution in [0.15, 0.2) is 79.1 Å². The fourth-order valence-electron chi connectivity index (χ4n) is 4.82. The Morgan fingerprint density at radius 3 is 2.78 bits per heavy atom. The predicted octanol–water partition coefficient (Wildman–Crippen LogP) is 6.33. The average molecular weight is 494 g/mol. The Bertz CT molecular complexity index is 1580. The van der Waals surface area contributed by atoms with E-state index in [2.05, 4.69) is 27.1 Å². The molecule has 2 aromatic heterocycles. The zero-order valence-corrected chi connectivity index (χ0v) is 20.1. The van der Waals surface area contributed by atoms with E-state index in [1.54, 1.807) is 6.20 Å². The SMILES string of the molecule is O=C(O)CCc1cccc(C(O)c2cnc(-c3cccc(Oc4ccc5[nH]ccc5c4C4CC4)c3)[nH]2)c1. The molecule has 1 aliphatic rings. The third kappa shape index (κ3) is 4.86. The van der Waals surface area contributed by atoms with E-state index >= 15 is 0 Å². The molecule has 3 aromatic carbocycles. The molecule has 0 spiro atoms. The highest BCUT2D eigenvalue weighted by atomic mass is 16.5. The second-order valence-corrected chi connectivity index (χ2v) is 9.55. The van der Waals surface area contributed by atoms with Gasteiger partial charge in [0, 0.05) is 34.6 Å². The lowest BCUT2D eigenvalue weighted by atomic mass is 10.0. The number of aromatic amines is 2. The molecule has 5 aromatic rings. The molecule has 1 unspecified atom stereocenters. The Balaban J connectivity index is 1.23. The number of fused-ring (bicyclic) bond motifs is 1. The highest BCUT2D eigenvalue weighted by Crippen LogP contribution is 2.48. The second kappa shape index (κ2) is 9.59. The fraction of sp³-hybridized carbons (Fsp3) is 0.200. The first-order valence-electron chi connectivity index (χ1n) is 12.5. The molecule has 6 rings (SSSR count). The Hall–Kier alpha value is -4.36. The van der Waals surface area contributed by atoms with Crippen molar-refractivity contribution in [2.75, 3.05) is 0 Å². The maximum absolute atomic E-state index is 10.9. The number of carbonyl (C=O) groups is 1. The van der Waals surface area contributed by atoms with Gasteiger partial charge in [-0.15, -0.1) is 0 Å². The average Bonchev–Trinajstić information content (AvgIpc) is 3.42. The summed E-state index contributed by atoms with van der Waals surface area (Å²) in [7, 11) is 0. The summed E-state index contributed by atoms with van der Waals surface area (Å²) in [5, 5.41) is 21.1. The molecule has 2 heterocycles. The van der Waals surface area contributed by atoms with Crippen molar-refractivity contribution < 1.29 is 19.7 Å². The summed E-state index contributed by atoms with van der Waals surface area (Å²) < 4.78 is 6.38. The van der Waals surface area contributed by atoms with Crippen LogP contribution in [0, 0.1) is 0 Å². The lowest BCUT2D eigenvalue weighted by Gasteiger charge is -2.13. The number of carboxylic acids is 1. The summed E-state index contributed by atoms with van der Waals surface area (Å²) in [6.07, 6.45) is 5.52. The summed E-state index contributed by atoms with van der Waals surface area (Å²) in [6, 6.07) is 21.3. The van der Waals surface area contributed by atoms with Gasteiger partial charge in [0.1, 0.15) is 23.4 Å². The molecule has 186 valence electrons. The predicted molar refractivity (Wildman–Crippen MR) is 141 cm³/mol. The number of nitrogens with one attached hydrogen (secondary N) is 2. The number of H-pyrrole nitrogens is 2. The van der Waals surface area contributed by atoms with Gasteiger partial charge in [-0.25, -0.2) is 4.98 Å². The molecule has 1 atom stereocenters. The number of aryl methyl sites for hydroxylation is 1. The molecule has 0 bridgehead atoms. The maximum Gasteiger partial charge on any atom is 0.303 e. The van der Waals surface area contributed by atoms with Crippen LogP contribution < -0.4 is 4.74 Å². The zero-order chi connectivity index (χ0) is 25.4. The molecule has 1 saturated carbocycles. The molecule has 0 radical (unpaired) electrons. The van der Waals surface area contributed by atoms with Gasteiger partial charge in [-0.2, -0.15) is 0 Å². The molecule has 0 amide bonds. The molecule has 4 N–H and O–H groups in total. The van der Waals surface area contributed by atoms with Gasteiger partial charge in [0.25, 0.3) is 0 Å². The van der Waals surface area contributed by atoms with E-state index < -0.39 is 12.1 Å². The van der Waals surface area contributed by atoms with Gasteiger partial charge in [0.15, 0.2) is 0 Å². The van der Waals surface area contributed by atoms with E-state index in [0.29, 0.717) is 29.4 Å². The van der Waals surface area contributed by atoms with Crippen LogP contribution >= 0.6 is 0 Å². The number of rotatable bonds is 9. The summed E-state index contributed by atoms with van der Waals surface area (Å²) in [5.74, 6) is 1.92. The summed E-state index contributed by atoms with van der Waals surface area (Å²) in [5.41, 5.74) is 5.34. The van der Waals surface area contributed by atoms with Crippen molar-refractivity contribution in [3.63, 3.8) is 0 Å². The minimum Gasteiger partial charge on any atom is -0.481 e. The lowest BCUT2D eigenvalue weighted by molar-refractivity contribution is -0.136. The van der Waals surface area contributed by atoms with Crippen molar-refractivity contribution in [3.05, 3.63) is 102 Å². The van der Waals surface area contributed by atoms with Gasteiger partial charge in [-0.05, 0) is 66.6 Å². The highest BCUT2D eigenvalue weighted by Gasteiger charge is 2.29. The minimum absolute atomic E-state index is 0.0490. The van der Waals surface area contributed by atoms with E-state index in [4.69, 9.17) is 9.84 Å². The minimum atomic E-state index is -0.903. The number of benzene rings is 3. The van der Waals surface area contributed by atoms with Crippen LogP contribution in [0.2, 0.25) is 0 Å². The quantitative estimate of drug-likeness (QED) is 0.192. The number of hydrogen-bond donors (Lipinski definition) is 4. The molecule has 0 saturated heterocycles. The van der Waals surface area contributed by atoms with Crippen molar-refractivity contribution in [1.82, 2.24) is 15.0 Å². The Labute approximate surface area is 213 Å². The highest BCUT2D eigenvalue weighted by molar-refractivity contribution is 5.86. The standard InChI is InChI=1S/C30H27N3O4/c34-27(35)12-7-18-3-1-4-20(15-18)29(36)25-17-32-30(33-25)21-5-2-6-22(16-21)37-26-11-10-24-23(13-14-31-24)28(26)19-8-9-19/h1-6,10-11,13-17,19,29,31,36H,7-9,12H2,(H,32,33)(H,34,35). The van der Waals surface area contributed by atoms with Gasteiger partial charge in [0.2, 0.25) is 0 Å². The number of aliphatic carboxylic acids is 1. The monoisotopic (exact) mass is 493 g/mol. The van der Waals surface area contributed by atoms with E-state index in [1.807, 2.05) is 60.8 Å². The number of ether oxygens (including phenoxy) is 1. The fourth-order valence-corrected chi connectivity index (χ4v) is 4.82. The number of nitrogens with zero attached hydrogens (tertiary/aromatic N) is 1. The Morgan fingerprint density at radius 2 is 1.95 bits per heavy atom. The topological polar surface area (TPSA) is 111 Å². The van der Waals surface area contributed by atoms with Crippen LogP contribution in [-0.4, -0.2) is 31.1 Å². The van der Waals surface area contributed by atoms with E-state index in [-0.39, 0.29) is 6.42 Å². The first kappa shape index (κ1) is 23.1. The van der Waals surface area contributed by atoms with Crippen LogP contribution in [-0.2, 0) is 11.2 Å². The van der Waals surface area contributed by atoms with E-state index in [0.717, 1.165) is 28.1 Å². The number of hydrogen-bond acceptors (Lipinski definition) is 4. The van der Waals surface area contributed by atoms with Crippen molar-refractivity contribution in [3.8, 4) is 22.9 Å². The first-order valence-corrected chi connectivity index (χ1v) is 12.5. The molecule has 7 nitrogen and oxygen atoms in total. The first-order chi connectivity index (χ1) is 18.0. The molecule has 7 heteroatoms.